The molecule has 4 rings (SSSR count). The lowest BCUT2D eigenvalue weighted by atomic mass is 9.93. The number of fused-ring (bicyclic) bond motifs is 1. The van der Waals surface area contributed by atoms with Gasteiger partial charge in [-0.1, -0.05) is 31.4 Å². The van der Waals surface area contributed by atoms with Gasteiger partial charge in [-0.25, -0.2) is 9.38 Å². The fourth-order valence-corrected chi connectivity index (χ4v) is 5.33. The minimum Gasteiger partial charge on any atom is -0.349 e. The maximum atomic E-state index is 13.4. The van der Waals surface area contributed by atoms with Gasteiger partial charge in [0.25, 0.3) is 5.91 Å². The SMILES string of the molecule is O=C(NC1CCCCC1)c1c(N=Cc2cccc(F)c2)sc2c1CCCC2. The van der Waals surface area contributed by atoms with Crippen LogP contribution in [-0.4, -0.2) is 18.2 Å². The first kappa shape index (κ1) is 18.4. The number of rotatable bonds is 4. The number of nitrogens with one attached hydrogen (secondary N) is 1. The number of aryl methyl sites for hydroxylation is 1. The van der Waals surface area contributed by atoms with Crippen LogP contribution in [0.3, 0.4) is 0 Å². The Labute approximate surface area is 163 Å². The van der Waals surface area contributed by atoms with Crippen molar-refractivity contribution >= 4 is 28.5 Å². The average Bonchev–Trinajstić information content (AvgIpc) is 3.06. The van der Waals surface area contributed by atoms with Crippen LogP contribution in [0, 0.1) is 5.82 Å². The van der Waals surface area contributed by atoms with Gasteiger partial charge in [-0.15, -0.1) is 11.3 Å². The highest BCUT2D eigenvalue weighted by molar-refractivity contribution is 7.16. The molecule has 2 aromatic rings. The number of benzene rings is 1. The van der Waals surface area contributed by atoms with Gasteiger partial charge in [0.05, 0.1) is 5.56 Å². The van der Waals surface area contributed by atoms with E-state index in [9.17, 15) is 9.18 Å². The van der Waals surface area contributed by atoms with Gasteiger partial charge in [0.15, 0.2) is 0 Å². The van der Waals surface area contributed by atoms with Crippen molar-refractivity contribution in [1.29, 1.82) is 0 Å². The minimum absolute atomic E-state index is 0.0210. The van der Waals surface area contributed by atoms with Gasteiger partial charge in [0, 0.05) is 17.1 Å². The maximum Gasteiger partial charge on any atom is 0.254 e. The summed E-state index contributed by atoms with van der Waals surface area (Å²) in [6.45, 7) is 0. The molecule has 2 aliphatic rings. The third-order valence-corrected chi connectivity index (χ3v) is 6.70. The predicted octanol–water partition coefficient (Wildman–Crippen LogP) is 5.58. The van der Waals surface area contributed by atoms with Crippen molar-refractivity contribution in [1.82, 2.24) is 5.32 Å². The Balaban J connectivity index is 1.62. The molecule has 27 heavy (non-hydrogen) atoms. The lowest BCUT2D eigenvalue weighted by Crippen LogP contribution is -2.36. The van der Waals surface area contributed by atoms with Crippen molar-refractivity contribution in [3.63, 3.8) is 0 Å². The molecular formula is C22H25FN2OS. The molecule has 0 radical (unpaired) electrons. The van der Waals surface area contributed by atoms with Crippen LogP contribution in [0.5, 0.6) is 0 Å². The van der Waals surface area contributed by atoms with Crippen LogP contribution in [0.15, 0.2) is 29.3 Å². The van der Waals surface area contributed by atoms with E-state index in [1.807, 2.05) is 6.07 Å². The lowest BCUT2D eigenvalue weighted by Gasteiger charge is -2.23. The molecule has 1 N–H and O–H groups in total. The van der Waals surface area contributed by atoms with Gasteiger partial charge < -0.3 is 5.32 Å². The quantitative estimate of drug-likeness (QED) is 0.687. The fourth-order valence-electron chi connectivity index (χ4n) is 4.10. The van der Waals surface area contributed by atoms with Crippen LogP contribution in [0.25, 0.3) is 0 Å². The number of carbonyl (C=O) groups is 1. The molecule has 0 saturated heterocycles. The number of nitrogens with zero attached hydrogens (tertiary/aromatic N) is 1. The summed E-state index contributed by atoms with van der Waals surface area (Å²) in [4.78, 5) is 19.0. The van der Waals surface area contributed by atoms with E-state index in [1.54, 1.807) is 23.6 Å². The van der Waals surface area contributed by atoms with E-state index in [0.717, 1.165) is 42.7 Å². The highest BCUT2D eigenvalue weighted by Gasteiger charge is 2.27. The van der Waals surface area contributed by atoms with Crippen LogP contribution in [-0.2, 0) is 12.8 Å². The highest BCUT2D eigenvalue weighted by Crippen LogP contribution is 2.40. The zero-order chi connectivity index (χ0) is 18.6. The molecule has 1 fully saturated rings. The maximum absolute atomic E-state index is 13.4. The van der Waals surface area contributed by atoms with Gasteiger partial charge in [0.1, 0.15) is 10.8 Å². The molecule has 5 heteroatoms. The molecule has 1 aromatic carbocycles. The summed E-state index contributed by atoms with van der Waals surface area (Å²) in [7, 11) is 0. The molecule has 0 spiro atoms. The van der Waals surface area contributed by atoms with E-state index < -0.39 is 0 Å². The average molecular weight is 385 g/mol. The summed E-state index contributed by atoms with van der Waals surface area (Å²) in [6, 6.07) is 6.66. The Kier molecular flexibility index (Phi) is 5.67. The molecule has 1 aromatic heterocycles. The molecule has 3 nitrogen and oxygen atoms in total. The van der Waals surface area contributed by atoms with Gasteiger partial charge in [-0.3, -0.25) is 4.79 Å². The Hall–Kier alpha value is -2.01. The van der Waals surface area contributed by atoms with Crippen LogP contribution in [0.2, 0.25) is 0 Å². The van der Waals surface area contributed by atoms with Crippen LogP contribution < -0.4 is 5.32 Å². The van der Waals surface area contributed by atoms with E-state index in [1.165, 1.54) is 48.3 Å². The van der Waals surface area contributed by atoms with Crippen molar-refractivity contribution in [3.05, 3.63) is 51.7 Å². The Morgan fingerprint density at radius 3 is 2.78 bits per heavy atom. The summed E-state index contributed by atoms with van der Waals surface area (Å²) in [5, 5.41) is 4.02. The number of hydrogen-bond acceptors (Lipinski definition) is 3. The molecular weight excluding hydrogens is 359 g/mol. The summed E-state index contributed by atoms with van der Waals surface area (Å²) in [5.74, 6) is -0.257. The molecule has 0 bridgehead atoms. The number of hydrogen-bond donors (Lipinski definition) is 1. The van der Waals surface area contributed by atoms with Crippen molar-refractivity contribution in [3.8, 4) is 0 Å². The number of thiophene rings is 1. The van der Waals surface area contributed by atoms with E-state index in [4.69, 9.17) is 0 Å². The Morgan fingerprint density at radius 2 is 1.96 bits per heavy atom. The first-order valence-electron chi connectivity index (χ1n) is 9.96. The molecule has 0 aliphatic heterocycles. The third kappa shape index (κ3) is 4.29. The molecule has 142 valence electrons. The Bertz CT molecular complexity index is 852. The fraction of sp³-hybridized carbons (Fsp3) is 0.455. The topological polar surface area (TPSA) is 41.5 Å². The van der Waals surface area contributed by atoms with E-state index in [0.29, 0.717) is 5.56 Å². The lowest BCUT2D eigenvalue weighted by molar-refractivity contribution is 0.0927. The standard InChI is InChI=1S/C22H25FN2OS/c23-16-8-6-7-15(13-16)14-24-22-20(18-11-4-5-12-19(18)27-22)21(26)25-17-9-2-1-3-10-17/h6-8,13-14,17H,1-5,9-12H2,(H,25,26). The first-order chi connectivity index (χ1) is 13.2. The molecule has 1 heterocycles. The first-order valence-corrected chi connectivity index (χ1v) is 10.8. The zero-order valence-corrected chi connectivity index (χ0v) is 16.3. The summed E-state index contributed by atoms with van der Waals surface area (Å²) in [5.41, 5.74) is 2.65. The van der Waals surface area contributed by atoms with Crippen molar-refractivity contribution in [2.24, 2.45) is 4.99 Å². The van der Waals surface area contributed by atoms with E-state index in [2.05, 4.69) is 10.3 Å². The number of aliphatic imine (C=N–C) groups is 1. The molecule has 2 aliphatic carbocycles. The second-order valence-electron chi connectivity index (χ2n) is 7.51. The summed E-state index contributed by atoms with van der Waals surface area (Å²) in [6.07, 6.45) is 11.7. The monoisotopic (exact) mass is 384 g/mol. The molecule has 1 saturated carbocycles. The molecule has 0 unspecified atom stereocenters. The van der Waals surface area contributed by atoms with E-state index >= 15 is 0 Å². The van der Waals surface area contributed by atoms with Gasteiger partial charge >= 0.3 is 0 Å². The Morgan fingerprint density at radius 1 is 1.15 bits per heavy atom. The minimum atomic E-state index is -0.278. The van der Waals surface area contributed by atoms with E-state index in [-0.39, 0.29) is 17.8 Å². The second kappa shape index (κ2) is 8.34. The van der Waals surface area contributed by atoms with Gasteiger partial charge in [0.2, 0.25) is 0 Å². The molecule has 0 atom stereocenters. The van der Waals surface area contributed by atoms with Crippen molar-refractivity contribution in [2.45, 2.75) is 63.8 Å². The largest absolute Gasteiger partial charge is 0.349 e. The number of halogens is 1. The van der Waals surface area contributed by atoms with Crippen molar-refractivity contribution in [2.75, 3.05) is 0 Å². The number of amides is 1. The smallest absolute Gasteiger partial charge is 0.254 e. The van der Waals surface area contributed by atoms with Crippen LogP contribution in [0.4, 0.5) is 9.39 Å². The molecule has 1 amide bonds. The van der Waals surface area contributed by atoms with Crippen LogP contribution >= 0.6 is 11.3 Å². The second-order valence-corrected chi connectivity index (χ2v) is 8.60. The summed E-state index contributed by atoms with van der Waals surface area (Å²) >= 11 is 1.62. The van der Waals surface area contributed by atoms with Crippen LogP contribution in [0.1, 0.15) is 71.3 Å². The van der Waals surface area contributed by atoms with Gasteiger partial charge in [-0.05, 0) is 61.8 Å². The predicted molar refractivity (Wildman–Crippen MR) is 109 cm³/mol. The van der Waals surface area contributed by atoms with Gasteiger partial charge in [-0.2, -0.15) is 0 Å². The summed E-state index contributed by atoms with van der Waals surface area (Å²) < 4.78 is 13.4. The highest BCUT2D eigenvalue weighted by atomic mass is 32.1. The number of carbonyl (C=O) groups excluding carboxylic acids is 1. The zero-order valence-electron chi connectivity index (χ0n) is 15.5. The third-order valence-electron chi connectivity index (χ3n) is 5.50. The normalized spacial score (nSPS) is 17.8. The van der Waals surface area contributed by atoms with Crippen molar-refractivity contribution < 1.29 is 9.18 Å².